The van der Waals surface area contributed by atoms with E-state index in [1.807, 2.05) is 0 Å². The highest BCUT2D eigenvalue weighted by atomic mass is 35.5. The van der Waals surface area contributed by atoms with E-state index in [0.29, 0.717) is 6.42 Å². The molecule has 2 atom stereocenters. The van der Waals surface area contributed by atoms with Gasteiger partial charge in [-0.3, -0.25) is 0 Å². The van der Waals surface area contributed by atoms with Crippen molar-refractivity contribution in [2.75, 3.05) is 0 Å². The summed E-state index contributed by atoms with van der Waals surface area (Å²) in [5.41, 5.74) is 6.78. The normalized spacial score (nSPS) is 14.9. The third kappa shape index (κ3) is 4.94. The van der Waals surface area contributed by atoms with Gasteiger partial charge in [0.25, 0.3) is 0 Å². The molecule has 0 unspecified atom stereocenters. The van der Waals surface area contributed by atoms with E-state index in [1.54, 1.807) is 24.3 Å². The van der Waals surface area contributed by atoms with Crippen LogP contribution in [0.5, 0.6) is 5.75 Å². The molecule has 0 amide bonds. The molecule has 0 aliphatic carbocycles. The maximum atomic E-state index is 9.98. The number of rotatable bonds is 3. The van der Waals surface area contributed by atoms with Gasteiger partial charge in [-0.15, -0.1) is 12.4 Å². The van der Waals surface area contributed by atoms with Crippen molar-refractivity contribution in [1.29, 1.82) is 0 Å². The number of phenolic OH excluding ortho intramolecular Hbond substituents is 1. The number of halogens is 1. The molecule has 4 N–H and O–H groups in total. The Balaban J connectivity index is 0.00000256. The van der Waals surface area contributed by atoms with Crippen LogP contribution in [0.25, 0.3) is 0 Å². The average molecular weight is 260 g/mol. The first kappa shape index (κ1) is 16.2. The minimum Gasteiger partial charge on any atom is -0.508 e. The first-order valence-corrected chi connectivity index (χ1v) is 5.53. The maximum Gasteiger partial charge on any atom is 0.115 e. The Bertz CT molecular complexity index is 332. The summed E-state index contributed by atoms with van der Waals surface area (Å²) in [5.74, 6) is 0.205. The van der Waals surface area contributed by atoms with E-state index in [1.165, 1.54) is 0 Å². The van der Waals surface area contributed by atoms with Crippen LogP contribution in [0.2, 0.25) is 0 Å². The first-order chi connectivity index (χ1) is 7.30. The van der Waals surface area contributed by atoms with Crippen LogP contribution in [-0.2, 0) is 0 Å². The van der Waals surface area contributed by atoms with Crippen LogP contribution in [-0.4, -0.2) is 16.3 Å². The van der Waals surface area contributed by atoms with Crippen molar-refractivity contribution < 1.29 is 10.2 Å². The van der Waals surface area contributed by atoms with E-state index in [9.17, 15) is 5.11 Å². The molecule has 1 aromatic rings. The zero-order valence-electron chi connectivity index (χ0n) is 10.6. The molecule has 1 rings (SSSR count). The van der Waals surface area contributed by atoms with Crippen LogP contribution in [0.4, 0.5) is 0 Å². The number of aliphatic hydroxyl groups excluding tert-OH is 1. The highest BCUT2D eigenvalue weighted by molar-refractivity contribution is 5.85. The Morgan fingerprint density at radius 1 is 1.18 bits per heavy atom. The third-order valence-corrected chi connectivity index (χ3v) is 2.87. The molecule has 0 fully saturated rings. The van der Waals surface area contributed by atoms with E-state index in [2.05, 4.69) is 20.8 Å². The van der Waals surface area contributed by atoms with Gasteiger partial charge in [0.15, 0.2) is 0 Å². The largest absolute Gasteiger partial charge is 0.508 e. The lowest BCUT2D eigenvalue weighted by molar-refractivity contribution is 0.133. The Morgan fingerprint density at radius 3 is 2.06 bits per heavy atom. The van der Waals surface area contributed by atoms with Crippen molar-refractivity contribution in [3.8, 4) is 5.75 Å². The molecule has 0 bridgehead atoms. The van der Waals surface area contributed by atoms with Crippen molar-refractivity contribution >= 4 is 12.4 Å². The summed E-state index contributed by atoms with van der Waals surface area (Å²) < 4.78 is 0. The van der Waals surface area contributed by atoms with E-state index >= 15 is 0 Å². The van der Waals surface area contributed by atoms with Crippen LogP contribution < -0.4 is 5.73 Å². The summed E-state index contributed by atoms with van der Waals surface area (Å²) in [6, 6.07) is 6.52. The second kappa shape index (κ2) is 6.24. The molecule has 0 saturated heterocycles. The Kier molecular flexibility index (Phi) is 5.96. The molecule has 3 nitrogen and oxygen atoms in total. The number of benzene rings is 1. The fraction of sp³-hybridized carbons (Fsp3) is 0.538. The van der Waals surface area contributed by atoms with Crippen molar-refractivity contribution in [3.63, 3.8) is 0 Å². The Hall–Kier alpha value is -0.770. The van der Waals surface area contributed by atoms with Crippen LogP contribution in [0.15, 0.2) is 24.3 Å². The summed E-state index contributed by atoms with van der Waals surface area (Å²) >= 11 is 0. The van der Waals surface area contributed by atoms with Gasteiger partial charge in [-0.05, 0) is 29.5 Å². The predicted octanol–water partition coefficient (Wildman–Crippen LogP) is 2.61. The van der Waals surface area contributed by atoms with Gasteiger partial charge in [0, 0.05) is 6.04 Å². The van der Waals surface area contributed by atoms with Gasteiger partial charge in [-0.1, -0.05) is 32.9 Å². The molecule has 0 radical (unpaired) electrons. The monoisotopic (exact) mass is 259 g/mol. The number of hydrogen-bond acceptors (Lipinski definition) is 3. The second-order valence-electron chi connectivity index (χ2n) is 5.32. The second-order valence-corrected chi connectivity index (χ2v) is 5.32. The minimum atomic E-state index is -0.574. The van der Waals surface area contributed by atoms with Crippen molar-refractivity contribution in [2.45, 2.75) is 39.3 Å². The molecule has 0 aliphatic rings. The zero-order chi connectivity index (χ0) is 12.3. The molecule has 0 heterocycles. The molecule has 0 aliphatic heterocycles. The van der Waals surface area contributed by atoms with Crippen LogP contribution in [0, 0.1) is 5.41 Å². The molecular formula is C13H22ClNO2. The van der Waals surface area contributed by atoms with Crippen molar-refractivity contribution in [1.82, 2.24) is 0 Å². The van der Waals surface area contributed by atoms with E-state index in [4.69, 9.17) is 10.8 Å². The Morgan fingerprint density at radius 2 is 1.65 bits per heavy atom. The standard InChI is InChI=1S/C13H21NO2.ClH/c1-13(2,3)12(14)8-11(16)9-4-6-10(15)7-5-9;/h4-7,11-12,15-16H,8,14H2,1-3H3;1H/t11-,12-;/m0./s1. The Labute approximate surface area is 109 Å². The molecule has 0 aromatic heterocycles. The number of aromatic hydroxyl groups is 1. The van der Waals surface area contributed by atoms with Gasteiger partial charge < -0.3 is 15.9 Å². The average Bonchev–Trinajstić information content (AvgIpc) is 2.17. The molecule has 0 saturated carbocycles. The summed E-state index contributed by atoms with van der Waals surface area (Å²) in [6.07, 6.45) is -0.0521. The fourth-order valence-corrected chi connectivity index (χ4v) is 1.43. The summed E-state index contributed by atoms with van der Waals surface area (Å²) in [5, 5.41) is 19.1. The predicted molar refractivity (Wildman–Crippen MR) is 72.4 cm³/mol. The molecule has 4 heteroatoms. The molecule has 17 heavy (non-hydrogen) atoms. The van der Waals surface area contributed by atoms with E-state index in [-0.39, 0.29) is 29.6 Å². The number of aliphatic hydroxyl groups is 1. The summed E-state index contributed by atoms with van der Waals surface area (Å²) in [7, 11) is 0. The maximum absolute atomic E-state index is 9.98. The molecule has 98 valence electrons. The summed E-state index contributed by atoms with van der Waals surface area (Å²) in [6.45, 7) is 6.17. The van der Waals surface area contributed by atoms with E-state index < -0.39 is 6.10 Å². The highest BCUT2D eigenvalue weighted by Crippen LogP contribution is 2.27. The number of phenols is 1. The molecule has 0 spiro atoms. The van der Waals surface area contributed by atoms with Crippen LogP contribution >= 0.6 is 12.4 Å². The van der Waals surface area contributed by atoms with Gasteiger partial charge in [0.1, 0.15) is 5.75 Å². The minimum absolute atomic E-state index is 0. The van der Waals surface area contributed by atoms with Gasteiger partial charge in [0.05, 0.1) is 6.10 Å². The van der Waals surface area contributed by atoms with Crippen molar-refractivity contribution in [3.05, 3.63) is 29.8 Å². The van der Waals surface area contributed by atoms with Crippen molar-refractivity contribution in [2.24, 2.45) is 11.1 Å². The lowest BCUT2D eigenvalue weighted by atomic mass is 9.83. The fourth-order valence-electron chi connectivity index (χ4n) is 1.43. The van der Waals surface area contributed by atoms with Crippen LogP contribution in [0.1, 0.15) is 38.9 Å². The third-order valence-electron chi connectivity index (χ3n) is 2.87. The van der Waals surface area contributed by atoms with Gasteiger partial charge in [-0.2, -0.15) is 0 Å². The first-order valence-electron chi connectivity index (χ1n) is 5.53. The van der Waals surface area contributed by atoms with Gasteiger partial charge in [0.2, 0.25) is 0 Å². The van der Waals surface area contributed by atoms with Gasteiger partial charge in [-0.25, -0.2) is 0 Å². The van der Waals surface area contributed by atoms with Crippen LogP contribution in [0.3, 0.4) is 0 Å². The SMILES string of the molecule is CC(C)(C)[C@@H](N)C[C@H](O)c1ccc(O)cc1.Cl. The number of hydrogen-bond donors (Lipinski definition) is 3. The lowest BCUT2D eigenvalue weighted by Crippen LogP contribution is -2.36. The lowest BCUT2D eigenvalue weighted by Gasteiger charge is -2.29. The quantitative estimate of drug-likeness (QED) is 0.782. The zero-order valence-corrected chi connectivity index (χ0v) is 11.4. The smallest absolute Gasteiger partial charge is 0.115 e. The molecular weight excluding hydrogens is 238 g/mol. The van der Waals surface area contributed by atoms with E-state index in [0.717, 1.165) is 5.56 Å². The summed E-state index contributed by atoms with van der Waals surface area (Å²) in [4.78, 5) is 0. The highest BCUT2D eigenvalue weighted by Gasteiger charge is 2.23. The van der Waals surface area contributed by atoms with Gasteiger partial charge >= 0.3 is 0 Å². The molecule has 1 aromatic carbocycles. The number of nitrogens with two attached hydrogens (primary N) is 1. The topological polar surface area (TPSA) is 66.5 Å².